The molecule has 0 aromatic heterocycles. The summed E-state index contributed by atoms with van der Waals surface area (Å²) in [6.45, 7) is 3.83. The molecule has 1 amide bonds. The van der Waals surface area contributed by atoms with E-state index in [9.17, 15) is 4.79 Å². The van der Waals surface area contributed by atoms with Gasteiger partial charge in [-0.05, 0) is 25.3 Å². The molecule has 4 nitrogen and oxygen atoms in total. The van der Waals surface area contributed by atoms with Gasteiger partial charge in [0, 0.05) is 25.6 Å². The van der Waals surface area contributed by atoms with Crippen molar-refractivity contribution in [1.29, 1.82) is 0 Å². The zero-order chi connectivity index (χ0) is 14.4. The molecule has 0 bridgehead atoms. The lowest BCUT2D eigenvalue weighted by Gasteiger charge is -2.34. The van der Waals surface area contributed by atoms with Gasteiger partial charge in [0.05, 0.1) is 12.7 Å². The monoisotopic (exact) mass is 276 g/mol. The van der Waals surface area contributed by atoms with Crippen LogP contribution in [0.1, 0.15) is 25.3 Å². The normalized spacial score (nSPS) is 20.7. The van der Waals surface area contributed by atoms with Crippen LogP contribution in [0, 0.1) is 0 Å². The van der Waals surface area contributed by atoms with E-state index in [-0.39, 0.29) is 18.1 Å². The minimum Gasteiger partial charge on any atom is -0.373 e. The fourth-order valence-corrected chi connectivity index (χ4v) is 2.47. The predicted molar refractivity (Wildman–Crippen MR) is 79.3 cm³/mol. The Morgan fingerprint density at radius 3 is 2.90 bits per heavy atom. The second-order valence-corrected chi connectivity index (χ2v) is 5.45. The van der Waals surface area contributed by atoms with Gasteiger partial charge in [0.1, 0.15) is 0 Å². The quantitative estimate of drug-likeness (QED) is 0.888. The van der Waals surface area contributed by atoms with Crippen LogP contribution < -0.4 is 5.73 Å². The summed E-state index contributed by atoms with van der Waals surface area (Å²) in [4.78, 5) is 14.1. The maximum absolute atomic E-state index is 12.2. The van der Waals surface area contributed by atoms with Crippen molar-refractivity contribution in [3.8, 4) is 0 Å². The van der Waals surface area contributed by atoms with Crippen LogP contribution in [0.2, 0.25) is 0 Å². The molecule has 0 spiro atoms. The largest absolute Gasteiger partial charge is 0.373 e. The summed E-state index contributed by atoms with van der Waals surface area (Å²) < 4.78 is 5.57. The third kappa shape index (κ3) is 4.32. The second kappa shape index (κ2) is 7.41. The molecule has 1 heterocycles. The van der Waals surface area contributed by atoms with Crippen molar-refractivity contribution in [3.05, 3.63) is 35.9 Å². The molecule has 110 valence electrons. The third-order valence-electron chi connectivity index (χ3n) is 3.73. The molecular weight excluding hydrogens is 252 g/mol. The number of nitrogens with zero attached hydrogens (tertiary/aromatic N) is 1. The van der Waals surface area contributed by atoms with E-state index in [4.69, 9.17) is 10.5 Å². The molecule has 2 atom stereocenters. The van der Waals surface area contributed by atoms with E-state index in [1.54, 1.807) is 0 Å². The fourth-order valence-electron chi connectivity index (χ4n) is 2.47. The minimum atomic E-state index is -0.0325. The second-order valence-electron chi connectivity index (χ2n) is 5.45. The van der Waals surface area contributed by atoms with E-state index in [1.165, 1.54) is 5.56 Å². The van der Waals surface area contributed by atoms with Crippen LogP contribution in [-0.2, 0) is 16.0 Å². The molecule has 2 N–H and O–H groups in total. The Hall–Kier alpha value is -1.39. The van der Waals surface area contributed by atoms with Crippen LogP contribution in [0.15, 0.2) is 30.3 Å². The van der Waals surface area contributed by atoms with E-state index >= 15 is 0 Å². The van der Waals surface area contributed by atoms with Crippen molar-refractivity contribution < 1.29 is 9.53 Å². The van der Waals surface area contributed by atoms with Gasteiger partial charge in [-0.1, -0.05) is 30.3 Å². The van der Waals surface area contributed by atoms with Crippen molar-refractivity contribution in [1.82, 2.24) is 4.90 Å². The molecule has 0 aliphatic carbocycles. The molecule has 20 heavy (non-hydrogen) atoms. The Kier molecular flexibility index (Phi) is 5.56. The van der Waals surface area contributed by atoms with E-state index < -0.39 is 0 Å². The van der Waals surface area contributed by atoms with Crippen LogP contribution in [0.25, 0.3) is 0 Å². The summed E-state index contributed by atoms with van der Waals surface area (Å²) in [7, 11) is 0. The van der Waals surface area contributed by atoms with Gasteiger partial charge in [-0.25, -0.2) is 0 Å². The molecule has 1 aliphatic rings. The van der Waals surface area contributed by atoms with Crippen molar-refractivity contribution in [3.63, 3.8) is 0 Å². The van der Waals surface area contributed by atoms with Gasteiger partial charge in [0.25, 0.3) is 0 Å². The number of rotatable bonds is 5. The summed E-state index contributed by atoms with van der Waals surface area (Å²) in [6.07, 6.45) is 2.42. The molecule has 1 aliphatic heterocycles. The van der Waals surface area contributed by atoms with E-state index in [2.05, 4.69) is 12.1 Å². The van der Waals surface area contributed by atoms with Crippen molar-refractivity contribution >= 4 is 5.91 Å². The molecule has 0 saturated carbocycles. The standard InChI is InChI=1S/C16H24N2O2/c1-13(17)15-12-18(10-11-20-15)16(19)9-5-8-14-6-3-2-4-7-14/h2-4,6-7,13,15H,5,8-12,17H2,1H3. The number of carbonyl (C=O) groups excluding carboxylic acids is 1. The minimum absolute atomic E-state index is 0.0261. The smallest absolute Gasteiger partial charge is 0.222 e. The van der Waals surface area contributed by atoms with E-state index in [0.717, 1.165) is 12.8 Å². The summed E-state index contributed by atoms with van der Waals surface area (Å²) >= 11 is 0. The lowest BCUT2D eigenvalue weighted by atomic mass is 10.1. The maximum Gasteiger partial charge on any atom is 0.222 e. The molecule has 1 aromatic rings. The zero-order valence-corrected chi connectivity index (χ0v) is 12.1. The average molecular weight is 276 g/mol. The molecule has 2 rings (SSSR count). The number of hydrogen-bond donors (Lipinski definition) is 1. The van der Waals surface area contributed by atoms with Crippen molar-refractivity contribution in [2.45, 2.75) is 38.3 Å². The predicted octanol–water partition coefficient (Wildman–Crippen LogP) is 1.58. The Labute approximate surface area is 120 Å². The highest BCUT2D eigenvalue weighted by molar-refractivity contribution is 5.76. The maximum atomic E-state index is 12.2. The van der Waals surface area contributed by atoms with E-state index in [0.29, 0.717) is 26.1 Å². The topological polar surface area (TPSA) is 55.6 Å². The van der Waals surface area contributed by atoms with Gasteiger partial charge in [-0.15, -0.1) is 0 Å². The Balaban J connectivity index is 1.74. The summed E-state index contributed by atoms with van der Waals surface area (Å²) in [5, 5.41) is 0. The van der Waals surface area contributed by atoms with Gasteiger partial charge in [-0.3, -0.25) is 4.79 Å². The lowest BCUT2D eigenvalue weighted by Crippen LogP contribution is -2.51. The van der Waals surface area contributed by atoms with Gasteiger partial charge < -0.3 is 15.4 Å². The van der Waals surface area contributed by atoms with E-state index in [1.807, 2.05) is 30.0 Å². The number of morpholine rings is 1. The first-order valence-corrected chi connectivity index (χ1v) is 7.35. The van der Waals surface area contributed by atoms with Gasteiger partial charge in [0.2, 0.25) is 5.91 Å². The molecular formula is C16H24N2O2. The SMILES string of the molecule is CC(N)C1CN(C(=O)CCCc2ccccc2)CCO1. The molecule has 2 unspecified atom stereocenters. The van der Waals surface area contributed by atoms with Crippen LogP contribution in [0.4, 0.5) is 0 Å². The number of nitrogens with two attached hydrogens (primary N) is 1. The number of carbonyl (C=O) groups is 1. The number of ether oxygens (including phenoxy) is 1. The third-order valence-corrected chi connectivity index (χ3v) is 3.73. The van der Waals surface area contributed by atoms with Gasteiger partial charge in [-0.2, -0.15) is 0 Å². The summed E-state index contributed by atoms with van der Waals surface area (Å²) in [5.41, 5.74) is 7.13. The Morgan fingerprint density at radius 1 is 1.45 bits per heavy atom. The fraction of sp³-hybridized carbons (Fsp3) is 0.562. The first-order valence-electron chi connectivity index (χ1n) is 7.35. The van der Waals surface area contributed by atoms with Crippen LogP contribution >= 0.6 is 0 Å². The Morgan fingerprint density at radius 2 is 2.20 bits per heavy atom. The first kappa shape index (κ1) is 15.0. The van der Waals surface area contributed by atoms with Gasteiger partial charge in [0.15, 0.2) is 0 Å². The van der Waals surface area contributed by atoms with Crippen LogP contribution in [0.3, 0.4) is 0 Å². The zero-order valence-electron chi connectivity index (χ0n) is 12.1. The number of aryl methyl sites for hydroxylation is 1. The van der Waals surface area contributed by atoms with Crippen molar-refractivity contribution in [2.24, 2.45) is 5.73 Å². The molecule has 1 saturated heterocycles. The van der Waals surface area contributed by atoms with Gasteiger partial charge >= 0.3 is 0 Å². The summed E-state index contributed by atoms with van der Waals surface area (Å²) in [6, 6.07) is 10.3. The number of hydrogen-bond acceptors (Lipinski definition) is 3. The van der Waals surface area contributed by atoms with Crippen LogP contribution in [-0.4, -0.2) is 42.6 Å². The summed E-state index contributed by atoms with van der Waals surface area (Å²) in [5.74, 6) is 0.217. The first-order chi connectivity index (χ1) is 9.66. The van der Waals surface area contributed by atoms with Crippen LogP contribution in [0.5, 0.6) is 0 Å². The average Bonchev–Trinajstić information content (AvgIpc) is 2.48. The highest BCUT2D eigenvalue weighted by Gasteiger charge is 2.25. The molecule has 1 fully saturated rings. The number of benzene rings is 1. The van der Waals surface area contributed by atoms with Crippen molar-refractivity contribution in [2.75, 3.05) is 19.7 Å². The molecule has 4 heteroatoms. The molecule has 1 aromatic carbocycles. The lowest BCUT2D eigenvalue weighted by molar-refractivity contribution is -0.139. The highest BCUT2D eigenvalue weighted by atomic mass is 16.5. The number of amides is 1. The molecule has 0 radical (unpaired) electrons. The Bertz CT molecular complexity index is 420. The highest BCUT2D eigenvalue weighted by Crippen LogP contribution is 2.11.